The van der Waals surface area contributed by atoms with Crippen molar-refractivity contribution in [2.75, 3.05) is 19.7 Å². The van der Waals surface area contributed by atoms with Gasteiger partial charge in [-0.25, -0.2) is 0 Å². The molecular formula is C22H30N2O4. The fourth-order valence-electron chi connectivity index (χ4n) is 4.72. The molecule has 0 bridgehead atoms. The van der Waals surface area contributed by atoms with Gasteiger partial charge >= 0.3 is 0 Å². The summed E-state index contributed by atoms with van der Waals surface area (Å²) in [6.07, 6.45) is 4.91. The van der Waals surface area contributed by atoms with Gasteiger partial charge in [0.2, 0.25) is 5.91 Å². The Balaban J connectivity index is 1.29. The first kappa shape index (κ1) is 19.4. The quantitative estimate of drug-likeness (QED) is 0.753. The summed E-state index contributed by atoms with van der Waals surface area (Å²) in [7, 11) is 0. The lowest BCUT2D eigenvalue weighted by Gasteiger charge is -2.51. The van der Waals surface area contributed by atoms with Crippen LogP contribution in [0.1, 0.15) is 44.6 Å². The van der Waals surface area contributed by atoms with E-state index in [1.165, 1.54) is 10.9 Å². The van der Waals surface area contributed by atoms with Crippen molar-refractivity contribution in [3.63, 3.8) is 0 Å². The molecule has 28 heavy (non-hydrogen) atoms. The lowest BCUT2D eigenvalue weighted by atomic mass is 9.75. The summed E-state index contributed by atoms with van der Waals surface area (Å²) >= 11 is 0. The number of ether oxygens (including phenoxy) is 1. The molecule has 2 aromatic rings. The fraction of sp³-hybridized carbons (Fsp3) is 0.591. The number of aryl methyl sites for hydroxylation is 1. The van der Waals surface area contributed by atoms with Gasteiger partial charge in [-0.15, -0.1) is 0 Å². The Morgan fingerprint density at radius 2 is 2.04 bits per heavy atom. The van der Waals surface area contributed by atoms with Crippen LogP contribution in [-0.2, 0) is 16.0 Å². The number of rotatable bonds is 4. The molecule has 1 spiro atoms. The molecule has 0 unspecified atom stereocenters. The Labute approximate surface area is 165 Å². The number of amides is 1. The van der Waals surface area contributed by atoms with Crippen molar-refractivity contribution in [1.82, 2.24) is 9.88 Å². The second-order valence-electron chi connectivity index (χ2n) is 8.52. The van der Waals surface area contributed by atoms with Crippen LogP contribution in [0.2, 0.25) is 0 Å². The molecule has 3 heterocycles. The normalized spacial score (nSPS) is 27.4. The van der Waals surface area contributed by atoms with E-state index in [1.807, 2.05) is 23.2 Å². The predicted molar refractivity (Wildman–Crippen MR) is 107 cm³/mol. The molecule has 2 fully saturated rings. The van der Waals surface area contributed by atoms with E-state index in [-0.39, 0.29) is 5.91 Å². The molecular weight excluding hydrogens is 356 g/mol. The van der Waals surface area contributed by atoms with Gasteiger partial charge in [0.1, 0.15) is 11.7 Å². The minimum Gasteiger partial charge on any atom is -0.387 e. The van der Waals surface area contributed by atoms with E-state index in [2.05, 4.69) is 17.1 Å². The highest BCUT2D eigenvalue weighted by Crippen LogP contribution is 2.39. The van der Waals surface area contributed by atoms with E-state index in [0.717, 1.165) is 18.4 Å². The Kier molecular flexibility index (Phi) is 5.21. The minimum absolute atomic E-state index is 0.159. The van der Waals surface area contributed by atoms with Gasteiger partial charge in [-0.2, -0.15) is 0 Å². The van der Waals surface area contributed by atoms with Gasteiger partial charge in [-0.1, -0.05) is 18.2 Å². The van der Waals surface area contributed by atoms with Crippen LogP contribution in [-0.4, -0.2) is 63.0 Å². The Bertz CT molecular complexity index is 836. The zero-order valence-corrected chi connectivity index (χ0v) is 16.5. The number of benzene rings is 1. The number of nitrogens with zero attached hydrogens (tertiary/aromatic N) is 1. The maximum Gasteiger partial charge on any atom is 0.222 e. The Morgan fingerprint density at radius 1 is 1.29 bits per heavy atom. The van der Waals surface area contributed by atoms with Crippen LogP contribution in [0.4, 0.5) is 0 Å². The lowest BCUT2D eigenvalue weighted by Crippen LogP contribution is -2.64. The summed E-state index contributed by atoms with van der Waals surface area (Å²) in [6.45, 7) is 3.25. The summed E-state index contributed by atoms with van der Waals surface area (Å²) < 4.78 is 5.90. The van der Waals surface area contributed by atoms with Crippen LogP contribution in [0.3, 0.4) is 0 Å². The number of H-pyrrole nitrogens is 1. The van der Waals surface area contributed by atoms with Gasteiger partial charge < -0.3 is 24.8 Å². The first-order valence-electron chi connectivity index (χ1n) is 10.3. The molecule has 1 amide bonds. The van der Waals surface area contributed by atoms with Gasteiger partial charge in [0, 0.05) is 43.0 Å². The molecule has 6 heteroatoms. The molecule has 0 saturated carbocycles. The van der Waals surface area contributed by atoms with E-state index in [1.54, 1.807) is 6.92 Å². The monoisotopic (exact) mass is 386 g/mol. The summed E-state index contributed by atoms with van der Waals surface area (Å²) in [5.74, 6) is 0.159. The van der Waals surface area contributed by atoms with Gasteiger partial charge in [-0.3, -0.25) is 4.79 Å². The highest BCUT2D eigenvalue weighted by molar-refractivity contribution is 5.83. The third-order valence-electron chi connectivity index (χ3n) is 6.56. The molecule has 4 rings (SSSR count). The molecule has 2 aliphatic rings. The number of nitrogens with one attached hydrogen (secondary N) is 1. The second kappa shape index (κ2) is 7.50. The van der Waals surface area contributed by atoms with Crippen LogP contribution < -0.4 is 0 Å². The summed E-state index contributed by atoms with van der Waals surface area (Å²) in [5.41, 5.74) is 0.542. The number of aliphatic hydroxyl groups is 2. The van der Waals surface area contributed by atoms with Gasteiger partial charge in [0.25, 0.3) is 0 Å². The van der Waals surface area contributed by atoms with E-state index < -0.39 is 17.3 Å². The van der Waals surface area contributed by atoms with Gasteiger partial charge in [0.15, 0.2) is 0 Å². The number of para-hydroxylation sites is 1. The molecule has 1 aromatic heterocycles. The summed E-state index contributed by atoms with van der Waals surface area (Å²) in [6, 6.07) is 8.22. The van der Waals surface area contributed by atoms with Crippen molar-refractivity contribution in [1.29, 1.82) is 0 Å². The van der Waals surface area contributed by atoms with E-state index in [4.69, 9.17) is 4.74 Å². The van der Waals surface area contributed by atoms with E-state index in [9.17, 15) is 15.0 Å². The van der Waals surface area contributed by atoms with Crippen molar-refractivity contribution in [3.8, 4) is 0 Å². The average Bonchev–Trinajstić information content (AvgIpc) is 3.10. The molecule has 2 saturated heterocycles. The van der Waals surface area contributed by atoms with Crippen molar-refractivity contribution in [2.45, 2.75) is 62.8 Å². The topological polar surface area (TPSA) is 85.8 Å². The number of piperidine rings is 1. The predicted octanol–water partition coefficient (Wildman–Crippen LogP) is 2.38. The number of aliphatic hydroxyl groups excluding tert-OH is 1. The first-order valence-corrected chi connectivity index (χ1v) is 10.3. The van der Waals surface area contributed by atoms with Crippen molar-refractivity contribution in [3.05, 3.63) is 36.0 Å². The molecule has 6 nitrogen and oxygen atoms in total. The number of hydrogen-bond acceptors (Lipinski definition) is 4. The van der Waals surface area contributed by atoms with Gasteiger partial charge in [0.05, 0.1) is 12.2 Å². The maximum atomic E-state index is 12.6. The number of aromatic nitrogens is 1. The minimum atomic E-state index is -1.12. The lowest BCUT2D eigenvalue weighted by molar-refractivity contribution is -0.245. The van der Waals surface area contributed by atoms with E-state index in [0.29, 0.717) is 45.4 Å². The smallest absolute Gasteiger partial charge is 0.222 e. The number of likely N-dealkylation sites (tertiary alicyclic amines) is 1. The number of hydrogen-bond donors (Lipinski definition) is 3. The molecule has 1 aromatic carbocycles. The highest BCUT2D eigenvalue weighted by Gasteiger charge is 2.52. The van der Waals surface area contributed by atoms with Crippen LogP contribution >= 0.6 is 0 Å². The van der Waals surface area contributed by atoms with Crippen molar-refractivity contribution >= 4 is 16.8 Å². The van der Waals surface area contributed by atoms with Crippen molar-refractivity contribution in [2.24, 2.45) is 0 Å². The van der Waals surface area contributed by atoms with Crippen molar-refractivity contribution < 1.29 is 19.7 Å². The zero-order chi connectivity index (χ0) is 19.8. The second-order valence-corrected chi connectivity index (χ2v) is 8.52. The maximum absolute atomic E-state index is 12.6. The molecule has 2 aliphatic heterocycles. The largest absolute Gasteiger partial charge is 0.387 e. The first-order chi connectivity index (χ1) is 13.4. The van der Waals surface area contributed by atoms with Crippen LogP contribution in [0.15, 0.2) is 30.5 Å². The summed E-state index contributed by atoms with van der Waals surface area (Å²) in [5, 5.41) is 22.2. The van der Waals surface area contributed by atoms with E-state index >= 15 is 0 Å². The third-order valence-corrected chi connectivity index (χ3v) is 6.56. The van der Waals surface area contributed by atoms with Crippen LogP contribution in [0.25, 0.3) is 10.9 Å². The third kappa shape index (κ3) is 3.56. The Hall–Kier alpha value is -1.89. The summed E-state index contributed by atoms with van der Waals surface area (Å²) in [4.78, 5) is 17.8. The van der Waals surface area contributed by atoms with Gasteiger partial charge in [-0.05, 0) is 44.2 Å². The number of carbonyl (C=O) groups is 1. The molecule has 152 valence electrons. The molecule has 0 radical (unpaired) electrons. The fourth-order valence-corrected chi connectivity index (χ4v) is 4.72. The molecule has 0 aliphatic carbocycles. The van der Waals surface area contributed by atoms with Crippen LogP contribution in [0.5, 0.6) is 0 Å². The number of fused-ring (bicyclic) bond motifs is 1. The zero-order valence-electron chi connectivity index (χ0n) is 16.5. The standard InChI is InChI=1S/C22H30N2O4/c1-21(27)11-14-28-22(20(21)26)9-12-24(13-10-22)19(25)8-4-5-16-15-23-18-7-3-2-6-17(16)18/h2-3,6-7,15,20,23,26-27H,4-5,8-14H2,1H3/t20-,21+/m0/s1. The number of carbonyl (C=O) groups excluding carboxylic acids is 1. The molecule has 2 atom stereocenters. The molecule has 3 N–H and O–H groups in total. The van der Waals surface area contributed by atoms with Crippen LogP contribution in [0, 0.1) is 0 Å². The SMILES string of the molecule is C[C@@]1(O)CCOC2(CCN(C(=O)CCCc3c[nH]c4ccccc34)CC2)[C@H]1O. The number of aromatic amines is 1. The average molecular weight is 386 g/mol. The Morgan fingerprint density at radius 3 is 2.82 bits per heavy atom. The highest BCUT2D eigenvalue weighted by atomic mass is 16.5.